The Labute approximate surface area is 133 Å². The molecule has 1 fully saturated rings. The second-order valence-corrected chi connectivity index (χ2v) is 7.18. The first kappa shape index (κ1) is 20.7. The third-order valence-electron chi connectivity index (χ3n) is 2.56. The van der Waals surface area contributed by atoms with Gasteiger partial charge in [-0.1, -0.05) is 0 Å². The van der Waals surface area contributed by atoms with E-state index in [0.29, 0.717) is 13.0 Å². The summed E-state index contributed by atoms with van der Waals surface area (Å²) in [5, 5.41) is 7.57. The lowest BCUT2D eigenvalue weighted by Gasteiger charge is -2.29. The average molecular weight is 317 g/mol. The van der Waals surface area contributed by atoms with Crippen molar-refractivity contribution in [3.63, 3.8) is 0 Å². The van der Waals surface area contributed by atoms with E-state index in [0.717, 1.165) is 6.42 Å². The number of aliphatic hydroxyl groups excluding tert-OH is 1. The largest absolute Gasteiger partial charge is 0.458 e. The minimum Gasteiger partial charge on any atom is -0.458 e. The highest BCUT2D eigenvalue weighted by molar-refractivity contribution is 5.82. The lowest BCUT2D eigenvalue weighted by molar-refractivity contribution is -0.160. The molecule has 0 aromatic heterocycles. The van der Waals surface area contributed by atoms with Crippen molar-refractivity contribution >= 4 is 12.1 Å². The van der Waals surface area contributed by atoms with E-state index in [4.69, 9.17) is 14.6 Å². The molecule has 1 atom stereocenters. The van der Waals surface area contributed by atoms with Gasteiger partial charge in [-0.3, -0.25) is 4.90 Å². The van der Waals surface area contributed by atoms with Crippen LogP contribution in [0.15, 0.2) is 0 Å². The third-order valence-corrected chi connectivity index (χ3v) is 2.56. The van der Waals surface area contributed by atoms with Gasteiger partial charge in [0.1, 0.15) is 17.2 Å². The molecule has 0 bridgehead atoms. The van der Waals surface area contributed by atoms with Gasteiger partial charge in [0.2, 0.25) is 0 Å². The molecular weight excluding hydrogens is 286 g/mol. The second-order valence-electron chi connectivity index (χ2n) is 7.18. The Morgan fingerprint density at radius 2 is 1.55 bits per heavy atom. The molecule has 6 nitrogen and oxygen atoms in total. The molecule has 130 valence electrons. The number of nitrogens with zero attached hydrogens (tertiary/aromatic N) is 1. The number of hydrogen-bond donors (Lipinski definition) is 1. The molecule has 0 aromatic rings. The summed E-state index contributed by atoms with van der Waals surface area (Å²) in [6, 6.07) is -0.519. The molecule has 1 rings (SSSR count). The number of ether oxygens (including phenoxy) is 2. The van der Waals surface area contributed by atoms with Crippen molar-refractivity contribution in [2.24, 2.45) is 0 Å². The maximum Gasteiger partial charge on any atom is 0.411 e. The van der Waals surface area contributed by atoms with Crippen LogP contribution < -0.4 is 0 Å². The van der Waals surface area contributed by atoms with Crippen LogP contribution in [0, 0.1) is 0 Å². The van der Waals surface area contributed by atoms with Crippen LogP contribution in [-0.4, -0.2) is 52.5 Å². The van der Waals surface area contributed by atoms with Crippen LogP contribution in [-0.2, 0) is 14.3 Å². The number of rotatable bonds is 1. The fraction of sp³-hybridized carbons (Fsp3) is 0.875. The normalized spacial score (nSPS) is 18.4. The highest BCUT2D eigenvalue weighted by Gasteiger charge is 2.38. The molecule has 0 spiro atoms. The minimum atomic E-state index is -0.557. The standard InChI is InChI=1S/C14H25NO4.C2H6O/c1-13(2,3)18-11(16)10-8-7-9-15(10)12(17)19-14(4,5)6;1-2-3/h10H,7-9H2,1-6H3;3H,2H2,1H3. The summed E-state index contributed by atoms with van der Waals surface area (Å²) in [6.45, 7) is 13.3. The molecule has 0 radical (unpaired) electrons. The second kappa shape index (κ2) is 8.36. The summed E-state index contributed by atoms with van der Waals surface area (Å²) in [7, 11) is 0. The summed E-state index contributed by atoms with van der Waals surface area (Å²) in [4.78, 5) is 25.6. The molecule has 1 amide bonds. The molecule has 1 unspecified atom stereocenters. The van der Waals surface area contributed by atoms with Crippen molar-refractivity contribution in [2.45, 2.75) is 78.6 Å². The Kier molecular flexibility index (Phi) is 7.87. The molecule has 1 aliphatic rings. The van der Waals surface area contributed by atoms with Gasteiger partial charge >= 0.3 is 12.1 Å². The zero-order chi connectivity index (χ0) is 17.6. The topological polar surface area (TPSA) is 76.1 Å². The third kappa shape index (κ3) is 8.22. The number of amides is 1. The van der Waals surface area contributed by atoms with Gasteiger partial charge in [0.25, 0.3) is 0 Å². The molecule has 0 saturated carbocycles. The predicted molar refractivity (Wildman–Crippen MR) is 84.6 cm³/mol. The lowest BCUT2D eigenvalue weighted by Crippen LogP contribution is -2.45. The average Bonchev–Trinajstić information content (AvgIpc) is 2.73. The SMILES string of the molecule is CC(C)(C)OC(=O)C1CCCN1C(=O)OC(C)(C)C.CCO. The van der Waals surface area contributed by atoms with E-state index in [-0.39, 0.29) is 12.6 Å². The number of likely N-dealkylation sites (tertiary alicyclic amines) is 1. The van der Waals surface area contributed by atoms with E-state index < -0.39 is 23.3 Å². The van der Waals surface area contributed by atoms with Crippen LogP contribution in [0.3, 0.4) is 0 Å². The quantitative estimate of drug-likeness (QED) is 0.753. The zero-order valence-electron chi connectivity index (χ0n) is 14.9. The minimum absolute atomic E-state index is 0.250. The Hall–Kier alpha value is -1.30. The summed E-state index contributed by atoms with van der Waals surface area (Å²) in [5.74, 6) is -0.351. The van der Waals surface area contributed by atoms with Gasteiger partial charge in [-0.25, -0.2) is 9.59 Å². The zero-order valence-corrected chi connectivity index (χ0v) is 14.9. The van der Waals surface area contributed by atoms with Gasteiger partial charge in [0, 0.05) is 13.2 Å². The van der Waals surface area contributed by atoms with Crippen molar-refractivity contribution in [2.75, 3.05) is 13.2 Å². The number of aliphatic hydroxyl groups is 1. The predicted octanol–water partition coefficient (Wildman–Crippen LogP) is 2.73. The fourth-order valence-electron chi connectivity index (χ4n) is 1.92. The Morgan fingerprint density at radius 3 is 1.95 bits per heavy atom. The van der Waals surface area contributed by atoms with E-state index >= 15 is 0 Å². The first-order valence-electron chi connectivity index (χ1n) is 7.74. The van der Waals surface area contributed by atoms with Crippen LogP contribution in [0.2, 0.25) is 0 Å². The van der Waals surface area contributed by atoms with Crippen molar-refractivity contribution < 1.29 is 24.2 Å². The van der Waals surface area contributed by atoms with E-state index in [2.05, 4.69) is 0 Å². The van der Waals surface area contributed by atoms with Gasteiger partial charge in [-0.15, -0.1) is 0 Å². The molecule has 0 aliphatic carbocycles. The Bertz CT molecular complexity index is 334. The molecular formula is C16H31NO5. The monoisotopic (exact) mass is 317 g/mol. The first-order valence-corrected chi connectivity index (χ1v) is 7.74. The van der Waals surface area contributed by atoms with Gasteiger partial charge in [-0.2, -0.15) is 0 Å². The van der Waals surface area contributed by atoms with E-state index in [1.54, 1.807) is 6.92 Å². The summed E-state index contributed by atoms with van der Waals surface area (Å²) >= 11 is 0. The van der Waals surface area contributed by atoms with Gasteiger partial charge in [0.15, 0.2) is 0 Å². The molecule has 1 aliphatic heterocycles. The highest BCUT2D eigenvalue weighted by atomic mass is 16.6. The van der Waals surface area contributed by atoms with Gasteiger partial charge in [-0.05, 0) is 61.3 Å². The van der Waals surface area contributed by atoms with E-state index in [1.807, 2.05) is 41.5 Å². The van der Waals surface area contributed by atoms with E-state index in [9.17, 15) is 9.59 Å². The molecule has 22 heavy (non-hydrogen) atoms. The molecule has 0 aromatic carbocycles. The van der Waals surface area contributed by atoms with Crippen molar-refractivity contribution in [3.05, 3.63) is 0 Å². The molecule has 1 N–H and O–H groups in total. The Balaban J connectivity index is 0.00000135. The first-order chi connectivity index (χ1) is 9.91. The van der Waals surface area contributed by atoms with E-state index in [1.165, 1.54) is 4.90 Å². The van der Waals surface area contributed by atoms with Crippen LogP contribution in [0.25, 0.3) is 0 Å². The summed E-state index contributed by atoms with van der Waals surface area (Å²) in [6.07, 6.45) is 0.984. The van der Waals surface area contributed by atoms with Crippen LogP contribution in [0.1, 0.15) is 61.3 Å². The maximum atomic E-state index is 12.1. The Morgan fingerprint density at radius 1 is 1.09 bits per heavy atom. The summed E-state index contributed by atoms with van der Waals surface area (Å²) < 4.78 is 10.7. The van der Waals surface area contributed by atoms with Gasteiger partial charge < -0.3 is 14.6 Å². The highest BCUT2D eigenvalue weighted by Crippen LogP contribution is 2.23. The van der Waals surface area contributed by atoms with Crippen molar-refractivity contribution in [3.8, 4) is 0 Å². The van der Waals surface area contributed by atoms with Crippen LogP contribution >= 0.6 is 0 Å². The smallest absolute Gasteiger partial charge is 0.411 e. The number of carbonyl (C=O) groups excluding carboxylic acids is 2. The molecule has 1 saturated heterocycles. The van der Waals surface area contributed by atoms with Crippen molar-refractivity contribution in [1.29, 1.82) is 0 Å². The van der Waals surface area contributed by atoms with Crippen LogP contribution in [0.5, 0.6) is 0 Å². The van der Waals surface area contributed by atoms with Crippen LogP contribution in [0.4, 0.5) is 4.79 Å². The van der Waals surface area contributed by atoms with Crippen molar-refractivity contribution in [1.82, 2.24) is 4.90 Å². The molecule has 6 heteroatoms. The lowest BCUT2D eigenvalue weighted by atomic mass is 10.1. The number of hydrogen-bond acceptors (Lipinski definition) is 5. The number of esters is 1. The molecule has 1 heterocycles. The number of carbonyl (C=O) groups is 2. The maximum absolute atomic E-state index is 12.1. The summed E-state index contributed by atoms with van der Waals surface area (Å²) in [5.41, 5.74) is -1.10. The van der Waals surface area contributed by atoms with Gasteiger partial charge in [0.05, 0.1) is 0 Å². The fourth-order valence-corrected chi connectivity index (χ4v) is 1.92.